The van der Waals surface area contributed by atoms with Crippen LogP contribution in [0.4, 0.5) is 4.39 Å². The van der Waals surface area contributed by atoms with E-state index in [-0.39, 0.29) is 36.7 Å². The maximum atomic E-state index is 13.8. The van der Waals surface area contributed by atoms with Crippen molar-refractivity contribution in [2.75, 3.05) is 31.1 Å². The molecule has 1 aromatic carbocycles. The SMILES string of the molecule is Cc1ccc(C(=O)N2CCN(CC(=O)O)[C@@H]3CS(=O)(=O)C[C@@H]32)cc1F. The molecule has 0 aliphatic carbocycles. The lowest BCUT2D eigenvalue weighted by Gasteiger charge is -2.43. The Morgan fingerprint density at radius 1 is 1.24 bits per heavy atom. The third-order valence-electron chi connectivity index (χ3n) is 4.81. The molecule has 25 heavy (non-hydrogen) atoms. The van der Waals surface area contributed by atoms with Crippen molar-refractivity contribution in [3.63, 3.8) is 0 Å². The van der Waals surface area contributed by atoms with E-state index in [0.717, 1.165) is 6.07 Å². The summed E-state index contributed by atoms with van der Waals surface area (Å²) in [6, 6.07) is 3.01. The van der Waals surface area contributed by atoms with Crippen LogP contribution in [-0.2, 0) is 14.6 Å². The highest BCUT2D eigenvalue weighted by Crippen LogP contribution is 2.28. The smallest absolute Gasteiger partial charge is 0.317 e. The lowest BCUT2D eigenvalue weighted by Crippen LogP contribution is -2.61. The maximum Gasteiger partial charge on any atom is 0.317 e. The highest BCUT2D eigenvalue weighted by atomic mass is 32.2. The van der Waals surface area contributed by atoms with Crippen molar-refractivity contribution in [1.29, 1.82) is 0 Å². The minimum Gasteiger partial charge on any atom is -0.480 e. The molecular weight excluding hydrogens is 351 g/mol. The molecule has 0 bridgehead atoms. The summed E-state index contributed by atoms with van der Waals surface area (Å²) >= 11 is 0. The summed E-state index contributed by atoms with van der Waals surface area (Å²) in [7, 11) is -3.36. The van der Waals surface area contributed by atoms with E-state index in [1.54, 1.807) is 11.8 Å². The molecule has 7 nitrogen and oxygen atoms in total. The third kappa shape index (κ3) is 3.52. The molecule has 2 aliphatic rings. The first kappa shape index (κ1) is 17.8. The molecule has 1 amide bonds. The van der Waals surface area contributed by atoms with Crippen molar-refractivity contribution in [3.8, 4) is 0 Å². The van der Waals surface area contributed by atoms with Gasteiger partial charge in [0.1, 0.15) is 5.82 Å². The summed E-state index contributed by atoms with van der Waals surface area (Å²) < 4.78 is 37.9. The van der Waals surface area contributed by atoms with Crippen LogP contribution in [-0.4, -0.2) is 78.4 Å². The number of amides is 1. The number of nitrogens with zero attached hydrogens (tertiary/aromatic N) is 2. The van der Waals surface area contributed by atoms with Crippen molar-refractivity contribution >= 4 is 21.7 Å². The molecule has 2 fully saturated rings. The molecule has 0 radical (unpaired) electrons. The van der Waals surface area contributed by atoms with Crippen LogP contribution in [0.3, 0.4) is 0 Å². The van der Waals surface area contributed by atoms with Gasteiger partial charge in [-0.2, -0.15) is 0 Å². The van der Waals surface area contributed by atoms with Crippen molar-refractivity contribution in [3.05, 3.63) is 35.1 Å². The number of aliphatic carboxylic acids is 1. The molecule has 2 atom stereocenters. The van der Waals surface area contributed by atoms with Crippen LogP contribution in [0.2, 0.25) is 0 Å². The molecule has 0 unspecified atom stereocenters. The predicted molar refractivity (Wildman–Crippen MR) is 87.6 cm³/mol. The van der Waals surface area contributed by atoms with Gasteiger partial charge in [-0.15, -0.1) is 0 Å². The lowest BCUT2D eigenvalue weighted by atomic mass is 10.0. The Balaban J connectivity index is 1.88. The van der Waals surface area contributed by atoms with Gasteiger partial charge in [-0.05, 0) is 24.6 Å². The maximum absolute atomic E-state index is 13.8. The van der Waals surface area contributed by atoms with E-state index in [9.17, 15) is 22.4 Å². The Bertz CT molecular complexity index is 826. The Hall–Kier alpha value is -2.00. The average Bonchev–Trinajstić information content (AvgIpc) is 2.85. The summed E-state index contributed by atoms with van der Waals surface area (Å²) in [5.74, 6) is -2.33. The number of carbonyl (C=O) groups excluding carboxylic acids is 1. The van der Waals surface area contributed by atoms with Gasteiger partial charge < -0.3 is 10.0 Å². The van der Waals surface area contributed by atoms with Crippen LogP contribution in [0.1, 0.15) is 15.9 Å². The highest BCUT2D eigenvalue weighted by Gasteiger charge is 2.48. The van der Waals surface area contributed by atoms with Crippen molar-refractivity contribution in [1.82, 2.24) is 9.80 Å². The largest absolute Gasteiger partial charge is 0.480 e. The molecule has 9 heteroatoms. The molecule has 1 aromatic rings. The van der Waals surface area contributed by atoms with Crippen molar-refractivity contribution < 1.29 is 27.5 Å². The average molecular weight is 370 g/mol. The van der Waals surface area contributed by atoms with Crippen molar-refractivity contribution in [2.24, 2.45) is 0 Å². The summed E-state index contributed by atoms with van der Waals surface area (Å²) in [4.78, 5) is 26.8. The molecule has 0 saturated carbocycles. The van der Waals surface area contributed by atoms with Gasteiger partial charge in [0, 0.05) is 24.7 Å². The quantitative estimate of drug-likeness (QED) is 0.813. The number of benzene rings is 1. The lowest BCUT2D eigenvalue weighted by molar-refractivity contribution is -0.139. The molecule has 2 heterocycles. The first-order valence-corrected chi connectivity index (χ1v) is 9.73. The van der Waals surface area contributed by atoms with E-state index in [4.69, 9.17) is 5.11 Å². The minimum atomic E-state index is -3.36. The van der Waals surface area contributed by atoms with Crippen LogP contribution in [0.15, 0.2) is 18.2 Å². The van der Waals surface area contributed by atoms with E-state index in [0.29, 0.717) is 5.56 Å². The monoisotopic (exact) mass is 370 g/mol. The van der Waals surface area contributed by atoms with Crippen LogP contribution < -0.4 is 0 Å². The number of hydrogen-bond acceptors (Lipinski definition) is 5. The normalized spacial score (nSPS) is 25.6. The Morgan fingerprint density at radius 3 is 2.56 bits per heavy atom. The topological polar surface area (TPSA) is 95.0 Å². The zero-order valence-corrected chi connectivity index (χ0v) is 14.5. The first-order valence-electron chi connectivity index (χ1n) is 7.91. The standard InChI is InChI=1S/C16H19FN2O5S/c1-10-2-3-11(6-12(10)17)16(22)19-5-4-18(7-15(20)21)13-8-25(23,24)9-14(13)19/h2-3,6,13-14H,4-5,7-9H2,1H3,(H,20,21)/t13-,14+/m1/s1. The molecule has 2 aliphatic heterocycles. The van der Waals surface area contributed by atoms with Gasteiger partial charge in [0.05, 0.1) is 24.1 Å². The van der Waals surface area contributed by atoms with E-state index in [1.165, 1.54) is 17.0 Å². The number of fused-ring (bicyclic) bond motifs is 1. The Labute approximate surface area is 144 Å². The molecule has 2 saturated heterocycles. The van der Waals surface area contributed by atoms with Gasteiger partial charge in [-0.25, -0.2) is 12.8 Å². The zero-order chi connectivity index (χ0) is 18.4. The van der Waals surface area contributed by atoms with Crippen LogP contribution in [0.25, 0.3) is 0 Å². The summed E-state index contributed by atoms with van der Waals surface area (Å²) in [5.41, 5.74) is 0.585. The number of halogens is 1. The Kier molecular flexibility index (Phi) is 4.54. The van der Waals surface area contributed by atoms with Gasteiger partial charge in [-0.3, -0.25) is 14.5 Å². The van der Waals surface area contributed by atoms with Gasteiger partial charge in [0.15, 0.2) is 9.84 Å². The van der Waals surface area contributed by atoms with E-state index >= 15 is 0 Å². The van der Waals surface area contributed by atoms with E-state index in [2.05, 4.69) is 0 Å². The van der Waals surface area contributed by atoms with Gasteiger partial charge >= 0.3 is 5.97 Å². The second-order valence-corrected chi connectivity index (χ2v) is 8.69. The minimum absolute atomic E-state index is 0.165. The zero-order valence-electron chi connectivity index (χ0n) is 13.7. The number of rotatable bonds is 3. The number of aryl methyl sites for hydroxylation is 1. The van der Waals surface area contributed by atoms with E-state index < -0.39 is 39.6 Å². The third-order valence-corrected chi connectivity index (χ3v) is 6.51. The van der Waals surface area contributed by atoms with Crippen molar-refractivity contribution in [2.45, 2.75) is 19.0 Å². The summed E-state index contributed by atoms with van der Waals surface area (Å²) in [6.07, 6.45) is 0. The molecule has 0 spiro atoms. The second-order valence-electron chi connectivity index (χ2n) is 6.54. The number of hydrogen-bond donors (Lipinski definition) is 1. The fourth-order valence-corrected chi connectivity index (χ4v) is 5.55. The number of carboxylic acids is 1. The van der Waals surface area contributed by atoms with Crippen LogP contribution >= 0.6 is 0 Å². The molecule has 3 rings (SSSR count). The van der Waals surface area contributed by atoms with Crippen LogP contribution in [0, 0.1) is 12.7 Å². The number of piperazine rings is 1. The summed E-state index contributed by atoms with van der Waals surface area (Å²) in [6.45, 7) is 1.80. The second kappa shape index (κ2) is 6.38. The fraction of sp³-hybridized carbons (Fsp3) is 0.500. The first-order chi connectivity index (χ1) is 11.7. The number of carbonyl (C=O) groups is 2. The van der Waals surface area contributed by atoms with E-state index in [1.807, 2.05) is 0 Å². The van der Waals surface area contributed by atoms with Gasteiger partial charge in [0.25, 0.3) is 5.91 Å². The number of sulfone groups is 1. The molecule has 136 valence electrons. The summed E-state index contributed by atoms with van der Waals surface area (Å²) in [5, 5.41) is 9.01. The molecule has 1 N–H and O–H groups in total. The van der Waals surface area contributed by atoms with Crippen LogP contribution in [0.5, 0.6) is 0 Å². The highest BCUT2D eigenvalue weighted by molar-refractivity contribution is 7.91. The molecule has 0 aromatic heterocycles. The molecular formula is C16H19FN2O5S. The van der Waals surface area contributed by atoms with Gasteiger partial charge in [-0.1, -0.05) is 6.07 Å². The Morgan fingerprint density at radius 2 is 1.92 bits per heavy atom. The van der Waals surface area contributed by atoms with Gasteiger partial charge in [0.2, 0.25) is 0 Å². The number of carboxylic acid groups (broad SMARTS) is 1. The fourth-order valence-electron chi connectivity index (χ4n) is 3.54. The predicted octanol–water partition coefficient (Wildman–Crippen LogP) is 0.142.